The third-order valence-electron chi connectivity index (χ3n) is 6.15. The van der Waals surface area contributed by atoms with Gasteiger partial charge in [-0.15, -0.1) is 0 Å². The summed E-state index contributed by atoms with van der Waals surface area (Å²) in [5.41, 5.74) is 8.62. The zero-order chi connectivity index (χ0) is 23.8. The lowest BCUT2D eigenvalue weighted by Gasteiger charge is -2.33. The highest BCUT2D eigenvalue weighted by molar-refractivity contribution is 5.87. The van der Waals surface area contributed by atoms with E-state index in [1.165, 1.54) is 12.1 Å². The van der Waals surface area contributed by atoms with Gasteiger partial charge in [0.05, 0.1) is 23.9 Å². The highest BCUT2D eigenvalue weighted by Gasteiger charge is 2.33. The fourth-order valence-corrected chi connectivity index (χ4v) is 4.28. The monoisotopic (exact) mass is 464 g/mol. The number of halogens is 2. The van der Waals surface area contributed by atoms with E-state index in [9.17, 15) is 8.78 Å². The molecule has 0 radical (unpaired) electrons. The summed E-state index contributed by atoms with van der Waals surface area (Å²) in [6.45, 7) is 3.81. The Morgan fingerprint density at radius 2 is 2.00 bits per heavy atom. The Bertz CT molecular complexity index is 1290. The van der Waals surface area contributed by atoms with Crippen LogP contribution in [0.2, 0.25) is 0 Å². The van der Waals surface area contributed by atoms with Crippen molar-refractivity contribution in [3.05, 3.63) is 59.3 Å². The molecule has 0 unspecified atom stereocenters. The second-order valence-electron chi connectivity index (χ2n) is 9.02. The molecule has 9 heteroatoms. The molecule has 0 bridgehead atoms. The molecule has 1 saturated carbocycles. The van der Waals surface area contributed by atoms with Crippen LogP contribution in [0.1, 0.15) is 50.0 Å². The zero-order valence-corrected chi connectivity index (χ0v) is 19.1. The van der Waals surface area contributed by atoms with Gasteiger partial charge < -0.3 is 10.5 Å². The molecule has 7 nitrogen and oxygen atoms in total. The fourth-order valence-electron chi connectivity index (χ4n) is 4.28. The Hall–Kier alpha value is -3.33. The molecular weight excluding hydrogens is 438 g/mol. The van der Waals surface area contributed by atoms with Gasteiger partial charge in [0, 0.05) is 41.7 Å². The van der Waals surface area contributed by atoms with Crippen LogP contribution in [0.25, 0.3) is 22.4 Å². The van der Waals surface area contributed by atoms with Gasteiger partial charge in [-0.25, -0.2) is 28.7 Å². The first kappa shape index (κ1) is 22.5. The molecule has 0 spiro atoms. The van der Waals surface area contributed by atoms with Gasteiger partial charge in [0.15, 0.2) is 5.65 Å². The molecule has 176 valence electrons. The average Bonchev–Trinajstić information content (AvgIpc) is 3.63. The first-order valence-electron chi connectivity index (χ1n) is 11.5. The summed E-state index contributed by atoms with van der Waals surface area (Å²) in [6, 6.07) is 3.80. The summed E-state index contributed by atoms with van der Waals surface area (Å²) >= 11 is 0. The van der Waals surface area contributed by atoms with E-state index in [1.54, 1.807) is 12.4 Å². The Labute approximate surface area is 196 Å². The fraction of sp³-hybridized carbons (Fsp3) is 0.400. The van der Waals surface area contributed by atoms with Gasteiger partial charge in [0.25, 0.3) is 0 Å². The molecule has 2 fully saturated rings. The molecule has 3 heterocycles. The standard InChI is InChI=1S/C25H26F2N6O/c1-13-11-30-23-22(19-6-3-17(26)9-20(19)27)32-24(33-25(23)31-13)15-7-14(2)34-21(8-15)16(10-28)12-29-18-4-5-18/h3,6,9-12,14-15,18,21H,4-5,7-8,28H2,1-2H3/b16-10+,29-12?/t14-,15-,21+/m1/s1. The molecule has 2 N–H and O–H groups in total. The quantitative estimate of drug-likeness (QED) is 0.562. The SMILES string of the molecule is Cc1cnc2c(-c3ccc(F)cc3F)nc([C@@H]3C[C@@H](C)O[C@H](/C(C=NC4CC4)=C/N)C3)nc2n1. The maximum absolute atomic E-state index is 14.7. The largest absolute Gasteiger partial charge is 0.404 e. The number of hydrogen-bond donors (Lipinski definition) is 1. The number of fused-ring (bicyclic) bond motifs is 1. The number of ether oxygens (including phenoxy) is 1. The lowest BCUT2D eigenvalue weighted by molar-refractivity contribution is -0.0272. The van der Waals surface area contributed by atoms with E-state index in [0.717, 1.165) is 24.5 Å². The molecule has 1 aliphatic carbocycles. The van der Waals surface area contributed by atoms with Crippen LogP contribution in [0.4, 0.5) is 8.78 Å². The van der Waals surface area contributed by atoms with Crippen molar-refractivity contribution in [3.63, 3.8) is 0 Å². The van der Waals surface area contributed by atoms with Gasteiger partial charge in [-0.3, -0.25) is 4.99 Å². The number of aryl methyl sites for hydroxylation is 1. The highest BCUT2D eigenvalue weighted by atomic mass is 19.1. The van der Waals surface area contributed by atoms with Gasteiger partial charge >= 0.3 is 0 Å². The third-order valence-corrected chi connectivity index (χ3v) is 6.15. The van der Waals surface area contributed by atoms with Crippen LogP contribution in [0.5, 0.6) is 0 Å². The van der Waals surface area contributed by atoms with Crippen LogP contribution in [0.15, 0.2) is 41.2 Å². The van der Waals surface area contributed by atoms with Crippen molar-refractivity contribution in [2.45, 2.75) is 63.7 Å². The minimum Gasteiger partial charge on any atom is -0.404 e. The smallest absolute Gasteiger partial charge is 0.182 e. The van der Waals surface area contributed by atoms with Crippen LogP contribution in [0, 0.1) is 18.6 Å². The van der Waals surface area contributed by atoms with E-state index in [2.05, 4.69) is 15.0 Å². The summed E-state index contributed by atoms with van der Waals surface area (Å²) in [7, 11) is 0. The Morgan fingerprint density at radius 1 is 1.18 bits per heavy atom. The zero-order valence-electron chi connectivity index (χ0n) is 19.1. The first-order chi connectivity index (χ1) is 16.4. The number of aromatic nitrogens is 4. The van der Waals surface area contributed by atoms with E-state index in [4.69, 9.17) is 20.4 Å². The molecule has 5 rings (SSSR count). The van der Waals surface area contributed by atoms with Crippen molar-refractivity contribution >= 4 is 17.4 Å². The molecule has 3 atom stereocenters. The van der Waals surface area contributed by atoms with Crippen molar-refractivity contribution < 1.29 is 13.5 Å². The Morgan fingerprint density at radius 3 is 2.74 bits per heavy atom. The van der Waals surface area contributed by atoms with Crippen LogP contribution >= 0.6 is 0 Å². The lowest BCUT2D eigenvalue weighted by atomic mass is 9.88. The van der Waals surface area contributed by atoms with Crippen molar-refractivity contribution in [3.8, 4) is 11.3 Å². The van der Waals surface area contributed by atoms with Crippen molar-refractivity contribution in [2.24, 2.45) is 10.7 Å². The molecule has 1 saturated heterocycles. The summed E-state index contributed by atoms with van der Waals surface area (Å²) in [6.07, 6.45) is 8.11. The van der Waals surface area contributed by atoms with E-state index in [-0.39, 0.29) is 23.7 Å². The van der Waals surface area contributed by atoms with Gasteiger partial charge in [-0.2, -0.15) is 0 Å². The van der Waals surface area contributed by atoms with Crippen LogP contribution in [-0.4, -0.2) is 44.4 Å². The topological polar surface area (TPSA) is 99.2 Å². The van der Waals surface area contributed by atoms with Gasteiger partial charge in [-0.1, -0.05) is 0 Å². The van der Waals surface area contributed by atoms with Gasteiger partial charge in [0.1, 0.15) is 28.7 Å². The number of hydrogen-bond acceptors (Lipinski definition) is 7. The summed E-state index contributed by atoms with van der Waals surface area (Å²) in [5.74, 6) is -0.915. The van der Waals surface area contributed by atoms with Crippen LogP contribution in [0.3, 0.4) is 0 Å². The number of nitrogens with zero attached hydrogens (tertiary/aromatic N) is 5. The van der Waals surface area contributed by atoms with Gasteiger partial charge in [-0.05, 0) is 51.7 Å². The molecule has 1 aromatic carbocycles. The minimum absolute atomic E-state index is 0.0677. The molecule has 2 aliphatic rings. The van der Waals surface area contributed by atoms with E-state index in [0.29, 0.717) is 47.3 Å². The summed E-state index contributed by atoms with van der Waals surface area (Å²) in [4.78, 5) is 22.9. The number of benzene rings is 1. The second-order valence-corrected chi connectivity index (χ2v) is 9.02. The number of rotatable bonds is 5. The van der Waals surface area contributed by atoms with Gasteiger partial charge in [0.2, 0.25) is 0 Å². The molecule has 34 heavy (non-hydrogen) atoms. The number of aliphatic imine (C=N–C) groups is 1. The predicted octanol–water partition coefficient (Wildman–Crippen LogP) is 4.40. The van der Waals surface area contributed by atoms with Crippen LogP contribution < -0.4 is 5.73 Å². The predicted molar refractivity (Wildman–Crippen MR) is 125 cm³/mol. The average molecular weight is 465 g/mol. The molecule has 3 aromatic rings. The molecule has 1 aliphatic heterocycles. The summed E-state index contributed by atoms with van der Waals surface area (Å²) in [5, 5.41) is 0. The van der Waals surface area contributed by atoms with E-state index >= 15 is 0 Å². The highest BCUT2D eigenvalue weighted by Crippen LogP contribution is 2.36. The van der Waals surface area contributed by atoms with E-state index < -0.39 is 11.6 Å². The van der Waals surface area contributed by atoms with Crippen molar-refractivity contribution in [1.29, 1.82) is 0 Å². The minimum atomic E-state index is -0.712. The Kier molecular flexibility index (Phi) is 6.03. The van der Waals surface area contributed by atoms with E-state index in [1.807, 2.05) is 20.1 Å². The van der Waals surface area contributed by atoms with Crippen LogP contribution in [-0.2, 0) is 4.74 Å². The molecule has 0 amide bonds. The van der Waals surface area contributed by atoms with Crippen molar-refractivity contribution in [1.82, 2.24) is 19.9 Å². The second kappa shape index (κ2) is 9.13. The summed E-state index contributed by atoms with van der Waals surface area (Å²) < 4.78 is 34.5. The molecule has 2 aromatic heterocycles. The lowest BCUT2D eigenvalue weighted by Crippen LogP contribution is -2.33. The first-order valence-corrected chi connectivity index (χ1v) is 11.5. The van der Waals surface area contributed by atoms with Crippen molar-refractivity contribution in [2.75, 3.05) is 0 Å². The maximum Gasteiger partial charge on any atom is 0.182 e. The number of nitrogens with two attached hydrogens (primary N) is 1. The Balaban J connectivity index is 1.56. The molecular formula is C25H26F2N6O. The maximum atomic E-state index is 14.7. The third kappa shape index (κ3) is 4.65. The normalized spacial score (nSPS) is 23.6.